The number of fused-ring (bicyclic) bond motifs is 1. The van der Waals surface area contributed by atoms with Crippen LogP contribution in [0.2, 0.25) is 0 Å². The van der Waals surface area contributed by atoms with Crippen LogP contribution < -0.4 is 0 Å². The van der Waals surface area contributed by atoms with Crippen LogP contribution in [-0.2, 0) is 14.9 Å². The third-order valence-corrected chi connectivity index (χ3v) is 6.79. The fourth-order valence-corrected chi connectivity index (χ4v) is 4.07. The summed E-state index contributed by atoms with van der Waals surface area (Å²) in [6.45, 7) is 18.7. The average Bonchev–Trinajstić information content (AvgIpc) is 2.78. The fraction of sp³-hybridized carbons (Fsp3) is 0.667. The fourth-order valence-electron chi connectivity index (χ4n) is 4.07. The number of hydrogen-bond acceptors (Lipinski definition) is 2. The summed E-state index contributed by atoms with van der Waals surface area (Å²) in [6.07, 6.45) is 2.67. The number of ether oxygens (including phenoxy) is 1. The van der Waals surface area contributed by atoms with Crippen LogP contribution in [0.1, 0.15) is 80.2 Å². The van der Waals surface area contributed by atoms with Gasteiger partial charge >= 0.3 is 5.97 Å². The van der Waals surface area contributed by atoms with E-state index in [9.17, 15) is 4.79 Å². The molecule has 0 fully saturated rings. The van der Waals surface area contributed by atoms with Crippen LogP contribution in [0.4, 0.5) is 5.69 Å². The second-order valence-electron chi connectivity index (χ2n) is 9.70. The lowest BCUT2D eigenvalue weighted by molar-refractivity contribution is -0.440. The number of esters is 1. The topological polar surface area (TPSA) is 29.3 Å². The molecule has 0 aromatic heterocycles. The summed E-state index contributed by atoms with van der Waals surface area (Å²) in [5.74, 6) is -0.0558. The molecule has 27 heavy (non-hydrogen) atoms. The first-order valence-corrected chi connectivity index (χ1v) is 10.3. The maximum absolute atomic E-state index is 12.8. The summed E-state index contributed by atoms with van der Waals surface area (Å²) < 4.78 is 8.13. The molecule has 150 valence electrons. The van der Waals surface area contributed by atoms with Gasteiger partial charge in [-0.25, -0.2) is 0 Å². The largest absolute Gasteiger partial charge is 0.465 e. The van der Waals surface area contributed by atoms with E-state index in [2.05, 4.69) is 84.2 Å². The number of nitrogens with zero attached hydrogens (tertiary/aromatic N) is 1. The van der Waals surface area contributed by atoms with Crippen LogP contribution >= 0.6 is 0 Å². The molecule has 0 radical (unpaired) electrons. The highest BCUT2D eigenvalue weighted by molar-refractivity contribution is 5.93. The molecule has 0 saturated heterocycles. The highest BCUT2D eigenvalue weighted by Crippen LogP contribution is 2.43. The van der Waals surface area contributed by atoms with Gasteiger partial charge in [-0.3, -0.25) is 4.79 Å². The predicted molar refractivity (Wildman–Crippen MR) is 113 cm³/mol. The Morgan fingerprint density at radius 1 is 1.15 bits per heavy atom. The van der Waals surface area contributed by atoms with E-state index in [1.54, 1.807) is 0 Å². The van der Waals surface area contributed by atoms with Gasteiger partial charge in [0.1, 0.15) is 0 Å². The van der Waals surface area contributed by atoms with Crippen LogP contribution in [0, 0.1) is 10.8 Å². The Bertz CT molecular complexity index is 724. The molecular formula is C24H38NO2+. The Labute approximate surface area is 165 Å². The summed E-state index contributed by atoms with van der Waals surface area (Å²) in [5.41, 5.74) is 3.54. The quantitative estimate of drug-likeness (QED) is 0.340. The van der Waals surface area contributed by atoms with Gasteiger partial charge in [-0.15, -0.1) is 0 Å². The third-order valence-electron chi connectivity index (χ3n) is 6.79. The number of para-hydroxylation sites is 1. The van der Waals surface area contributed by atoms with Crippen molar-refractivity contribution < 1.29 is 14.1 Å². The smallest absolute Gasteiger partial charge is 0.312 e. The minimum absolute atomic E-state index is 0.0548. The van der Waals surface area contributed by atoms with Gasteiger partial charge in [0.15, 0.2) is 12.3 Å². The Morgan fingerprint density at radius 3 is 2.37 bits per heavy atom. The van der Waals surface area contributed by atoms with Crippen molar-refractivity contribution in [1.29, 1.82) is 0 Å². The van der Waals surface area contributed by atoms with Crippen molar-refractivity contribution in [3.8, 4) is 0 Å². The first-order valence-electron chi connectivity index (χ1n) is 10.3. The maximum atomic E-state index is 12.8. The van der Waals surface area contributed by atoms with Crippen molar-refractivity contribution in [3.63, 3.8) is 0 Å². The van der Waals surface area contributed by atoms with Crippen LogP contribution in [0.25, 0.3) is 0 Å². The maximum Gasteiger partial charge on any atom is 0.312 e. The second kappa shape index (κ2) is 7.77. The standard InChI is InChI=1S/C24H38NO2/c1-9-15-24(8,22(3,4)5)21(26)27-17-12-16-25-18(2)23(6,7)19-13-10-11-14-20(19)25/h10-11,13-14H,9,12,15-17H2,1-8H3/q+1. The average molecular weight is 373 g/mol. The molecule has 2 rings (SSSR count). The van der Waals surface area contributed by atoms with E-state index >= 15 is 0 Å². The molecule has 1 aromatic carbocycles. The van der Waals surface area contributed by atoms with Gasteiger partial charge in [-0.2, -0.15) is 4.58 Å². The van der Waals surface area contributed by atoms with Crippen LogP contribution in [0.3, 0.4) is 0 Å². The number of benzene rings is 1. The SMILES string of the molecule is CCCC(C)(C(=O)OCCC[N+]1=C(C)C(C)(C)c2ccccc21)C(C)(C)C. The first-order chi connectivity index (χ1) is 12.5. The molecule has 0 bridgehead atoms. The molecule has 0 spiro atoms. The molecule has 1 atom stereocenters. The summed E-state index contributed by atoms with van der Waals surface area (Å²) >= 11 is 0. The minimum atomic E-state index is -0.438. The van der Waals surface area contributed by atoms with E-state index in [0.29, 0.717) is 6.61 Å². The van der Waals surface area contributed by atoms with Crippen molar-refractivity contribution in [1.82, 2.24) is 0 Å². The molecule has 3 heteroatoms. The highest BCUT2D eigenvalue weighted by atomic mass is 16.5. The molecule has 1 aliphatic rings. The van der Waals surface area contributed by atoms with Gasteiger partial charge < -0.3 is 4.74 Å². The molecule has 3 nitrogen and oxygen atoms in total. The molecule has 0 amide bonds. The van der Waals surface area contributed by atoms with E-state index in [4.69, 9.17) is 4.74 Å². The zero-order valence-electron chi connectivity index (χ0n) is 18.6. The molecular weight excluding hydrogens is 334 g/mol. The second-order valence-corrected chi connectivity index (χ2v) is 9.70. The number of rotatable bonds is 7. The van der Waals surface area contributed by atoms with Gasteiger partial charge in [0, 0.05) is 25.0 Å². The zero-order chi connectivity index (χ0) is 20.5. The normalized spacial score (nSPS) is 18.2. The van der Waals surface area contributed by atoms with E-state index in [1.165, 1.54) is 17.0 Å². The molecule has 1 unspecified atom stereocenters. The molecule has 0 saturated carbocycles. The van der Waals surface area contributed by atoms with Gasteiger partial charge in [0.2, 0.25) is 5.69 Å². The third kappa shape index (κ3) is 3.97. The molecule has 0 N–H and O–H groups in total. The van der Waals surface area contributed by atoms with Crippen molar-refractivity contribution in [2.24, 2.45) is 10.8 Å². The molecule has 1 heterocycles. The Balaban J connectivity index is 2.01. The summed E-state index contributed by atoms with van der Waals surface area (Å²) in [7, 11) is 0. The van der Waals surface area contributed by atoms with E-state index < -0.39 is 5.41 Å². The van der Waals surface area contributed by atoms with Crippen molar-refractivity contribution in [2.75, 3.05) is 13.2 Å². The molecule has 0 aliphatic carbocycles. The Kier molecular flexibility index (Phi) is 6.23. The summed E-state index contributed by atoms with van der Waals surface area (Å²) in [5, 5.41) is 0. The Morgan fingerprint density at radius 2 is 1.78 bits per heavy atom. The molecule has 1 aromatic rings. The molecule has 1 aliphatic heterocycles. The van der Waals surface area contributed by atoms with E-state index in [0.717, 1.165) is 25.8 Å². The van der Waals surface area contributed by atoms with E-state index in [-0.39, 0.29) is 16.8 Å². The lowest BCUT2D eigenvalue weighted by Gasteiger charge is -2.39. The highest BCUT2D eigenvalue weighted by Gasteiger charge is 2.45. The van der Waals surface area contributed by atoms with Gasteiger partial charge in [-0.05, 0) is 32.6 Å². The number of carbonyl (C=O) groups is 1. The van der Waals surface area contributed by atoms with Crippen molar-refractivity contribution >= 4 is 17.4 Å². The first kappa shape index (κ1) is 21.7. The van der Waals surface area contributed by atoms with Crippen molar-refractivity contribution in [3.05, 3.63) is 29.8 Å². The Hall–Kier alpha value is -1.64. The van der Waals surface area contributed by atoms with Gasteiger partial charge in [0.25, 0.3) is 0 Å². The minimum Gasteiger partial charge on any atom is -0.465 e. The predicted octanol–water partition coefficient (Wildman–Crippen LogP) is 5.87. The van der Waals surface area contributed by atoms with E-state index in [1.807, 2.05) is 0 Å². The lowest BCUT2D eigenvalue weighted by Crippen LogP contribution is -2.41. The number of carbonyl (C=O) groups excluding carboxylic acids is 1. The summed E-state index contributed by atoms with van der Waals surface area (Å²) in [4.78, 5) is 12.8. The van der Waals surface area contributed by atoms with Crippen molar-refractivity contribution in [2.45, 2.75) is 80.1 Å². The number of hydrogen-bond donors (Lipinski definition) is 0. The lowest BCUT2D eigenvalue weighted by atomic mass is 9.65. The van der Waals surface area contributed by atoms with Crippen LogP contribution in [-0.4, -0.2) is 29.4 Å². The monoisotopic (exact) mass is 372 g/mol. The van der Waals surface area contributed by atoms with Crippen LogP contribution in [0.5, 0.6) is 0 Å². The van der Waals surface area contributed by atoms with Crippen LogP contribution in [0.15, 0.2) is 24.3 Å². The summed E-state index contributed by atoms with van der Waals surface area (Å²) in [6, 6.07) is 8.62. The van der Waals surface area contributed by atoms with Gasteiger partial charge in [-0.1, -0.05) is 52.3 Å². The zero-order valence-corrected chi connectivity index (χ0v) is 18.6. The van der Waals surface area contributed by atoms with Gasteiger partial charge in [0.05, 0.1) is 17.4 Å².